The summed E-state index contributed by atoms with van der Waals surface area (Å²) in [5.74, 6) is 1.81. The lowest BCUT2D eigenvalue weighted by Gasteiger charge is -2.13. The van der Waals surface area contributed by atoms with Crippen molar-refractivity contribution in [1.29, 1.82) is 0 Å². The van der Waals surface area contributed by atoms with Gasteiger partial charge in [-0.05, 0) is 19.0 Å². The van der Waals surface area contributed by atoms with Crippen LogP contribution in [-0.2, 0) is 16.4 Å². The summed E-state index contributed by atoms with van der Waals surface area (Å²) in [6.07, 6.45) is 0.494. The van der Waals surface area contributed by atoms with Gasteiger partial charge in [0.05, 0.1) is 19.5 Å². The molecule has 0 saturated heterocycles. The Labute approximate surface area is 127 Å². The molecule has 0 bridgehead atoms. The molecule has 0 spiro atoms. The van der Waals surface area contributed by atoms with Crippen molar-refractivity contribution in [3.05, 3.63) is 23.8 Å². The van der Waals surface area contributed by atoms with E-state index in [-0.39, 0.29) is 11.5 Å². The largest absolute Gasteiger partial charge is 0.497 e. The summed E-state index contributed by atoms with van der Waals surface area (Å²) < 4.78 is 33.8. The van der Waals surface area contributed by atoms with Gasteiger partial charge in [0.2, 0.25) is 0 Å². The van der Waals surface area contributed by atoms with Gasteiger partial charge in [-0.15, -0.1) is 0 Å². The Morgan fingerprint density at radius 2 is 2.00 bits per heavy atom. The first-order chi connectivity index (χ1) is 10.0. The Balaban J connectivity index is 2.62. The highest BCUT2D eigenvalue weighted by atomic mass is 32.2. The smallest absolute Gasteiger partial charge is 0.150 e. The van der Waals surface area contributed by atoms with Gasteiger partial charge in [0.1, 0.15) is 21.3 Å². The monoisotopic (exact) mass is 315 g/mol. The van der Waals surface area contributed by atoms with Crippen molar-refractivity contribution in [2.45, 2.75) is 26.8 Å². The zero-order valence-corrected chi connectivity index (χ0v) is 13.8. The third kappa shape index (κ3) is 6.35. The summed E-state index contributed by atoms with van der Waals surface area (Å²) >= 11 is 0. The molecule has 0 aliphatic rings. The summed E-state index contributed by atoms with van der Waals surface area (Å²) in [4.78, 5) is 0. The van der Waals surface area contributed by atoms with Gasteiger partial charge in [0.15, 0.2) is 0 Å². The van der Waals surface area contributed by atoms with Crippen LogP contribution < -0.4 is 14.8 Å². The molecule has 0 aliphatic carbocycles. The topological polar surface area (TPSA) is 64.6 Å². The maximum atomic E-state index is 11.4. The average Bonchev–Trinajstić information content (AvgIpc) is 2.50. The maximum Gasteiger partial charge on any atom is 0.150 e. The van der Waals surface area contributed by atoms with Crippen molar-refractivity contribution >= 4 is 9.84 Å². The fraction of sp³-hybridized carbons (Fsp3) is 0.600. The van der Waals surface area contributed by atoms with Gasteiger partial charge < -0.3 is 14.8 Å². The third-order valence-electron chi connectivity index (χ3n) is 3.14. The highest BCUT2D eigenvalue weighted by Gasteiger charge is 2.09. The van der Waals surface area contributed by atoms with E-state index in [1.54, 1.807) is 14.0 Å². The molecular weight excluding hydrogens is 290 g/mol. The first-order valence-electron chi connectivity index (χ1n) is 7.23. The summed E-state index contributed by atoms with van der Waals surface area (Å²) in [5, 5.41) is 3.25. The van der Waals surface area contributed by atoms with Crippen molar-refractivity contribution in [1.82, 2.24) is 5.32 Å². The Bertz CT molecular complexity index is 528. The molecule has 0 amide bonds. The second-order valence-corrected chi connectivity index (χ2v) is 7.17. The second-order valence-electron chi connectivity index (χ2n) is 4.69. The summed E-state index contributed by atoms with van der Waals surface area (Å²) in [6.45, 7) is 5.67. The molecule has 0 aromatic heterocycles. The molecule has 0 aliphatic heterocycles. The number of benzene rings is 1. The van der Waals surface area contributed by atoms with E-state index in [1.807, 2.05) is 25.1 Å². The van der Waals surface area contributed by atoms with Crippen molar-refractivity contribution < 1.29 is 17.9 Å². The minimum Gasteiger partial charge on any atom is -0.497 e. The molecule has 5 nitrogen and oxygen atoms in total. The molecule has 0 fully saturated rings. The zero-order valence-electron chi connectivity index (χ0n) is 13.0. The fourth-order valence-corrected chi connectivity index (χ4v) is 2.65. The molecule has 120 valence electrons. The van der Waals surface area contributed by atoms with Crippen LogP contribution in [-0.4, -0.2) is 40.2 Å². The average molecular weight is 315 g/mol. The quantitative estimate of drug-likeness (QED) is 0.669. The molecule has 0 atom stereocenters. The Hall–Kier alpha value is -1.27. The van der Waals surface area contributed by atoms with Gasteiger partial charge in [0.25, 0.3) is 0 Å². The molecule has 6 heteroatoms. The summed E-state index contributed by atoms with van der Waals surface area (Å²) in [5.41, 5.74) is 1.04. The fourth-order valence-electron chi connectivity index (χ4n) is 1.81. The van der Waals surface area contributed by atoms with E-state index in [1.165, 1.54) is 0 Å². The van der Waals surface area contributed by atoms with Crippen molar-refractivity contribution in [3.63, 3.8) is 0 Å². The molecule has 1 rings (SSSR count). The van der Waals surface area contributed by atoms with Gasteiger partial charge in [0, 0.05) is 23.9 Å². The number of hydrogen-bond acceptors (Lipinski definition) is 5. The number of ether oxygens (including phenoxy) is 2. The van der Waals surface area contributed by atoms with Crippen LogP contribution in [0.1, 0.15) is 25.8 Å². The van der Waals surface area contributed by atoms with Crippen LogP contribution in [0.25, 0.3) is 0 Å². The van der Waals surface area contributed by atoms with Crippen LogP contribution in [0.4, 0.5) is 0 Å². The molecule has 0 unspecified atom stereocenters. The van der Waals surface area contributed by atoms with Crippen LogP contribution in [0.5, 0.6) is 11.5 Å². The highest BCUT2D eigenvalue weighted by Crippen LogP contribution is 2.25. The number of sulfone groups is 1. The zero-order chi connectivity index (χ0) is 15.7. The minimum atomic E-state index is -2.93. The molecule has 0 radical (unpaired) electrons. The normalized spacial score (nSPS) is 11.4. The van der Waals surface area contributed by atoms with E-state index < -0.39 is 9.84 Å². The maximum absolute atomic E-state index is 11.4. The number of rotatable bonds is 10. The molecular formula is C15H25NO4S. The minimum absolute atomic E-state index is 0.163. The van der Waals surface area contributed by atoms with E-state index in [0.29, 0.717) is 19.6 Å². The molecule has 1 N–H and O–H groups in total. The van der Waals surface area contributed by atoms with E-state index >= 15 is 0 Å². The Morgan fingerprint density at radius 1 is 1.24 bits per heavy atom. The summed E-state index contributed by atoms with van der Waals surface area (Å²) in [7, 11) is -1.32. The van der Waals surface area contributed by atoms with Crippen LogP contribution in [0.15, 0.2) is 18.2 Å². The summed E-state index contributed by atoms with van der Waals surface area (Å²) in [6, 6.07) is 5.68. The predicted octanol–water partition coefficient (Wildman–Crippen LogP) is 2.01. The van der Waals surface area contributed by atoms with Gasteiger partial charge in [-0.2, -0.15) is 0 Å². The standard InChI is InChI=1S/C15H25NO4S/c1-4-16-12-13-7-8-14(19-3)11-15(13)20-9-6-10-21(17,18)5-2/h7-8,11,16H,4-6,9-10,12H2,1-3H3. The number of hydrogen-bond donors (Lipinski definition) is 1. The second kappa shape index (κ2) is 8.89. The molecule has 1 aromatic carbocycles. The SMILES string of the molecule is CCNCc1ccc(OC)cc1OCCCS(=O)(=O)CC. The van der Waals surface area contributed by atoms with Crippen LogP contribution in [0.2, 0.25) is 0 Å². The van der Waals surface area contributed by atoms with Gasteiger partial charge in [-0.3, -0.25) is 0 Å². The lowest BCUT2D eigenvalue weighted by atomic mass is 10.2. The number of nitrogens with one attached hydrogen (secondary N) is 1. The van der Waals surface area contributed by atoms with Crippen molar-refractivity contribution in [2.75, 3.05) is 31.8 Å². The van der Waals surface area contributed by atoms with Gasteiger partial charge in [-0.25, -0.2) is 8.42 Å². The van der Waals surface area contributed by atoms with Gasteiger partial charge in [-0.1, -0.05) is 19.9 Å². The van der Waals surface area contributed by atoms with Crippen LogP contribution >= 0.6 is 0 Å². The van der Waals surface area contributed by atoms with E-state index in [4.69, 9.17) is 9.47 Å². The number of methoxy groups -OCH3 is 1. The van der Waals surface area contributed by atoms with Gasteiger partial charge >= 0.3 is 0 Å². The van der Waals surface area contributed by atoms with Crippen LogP contribution in [0, 0.1) is 0 Å². The predicted molar refractivity (Wildman–Crippen MR) is 84.8 cm³/mol. The molecule has 0 heterocycles. The Morgan fingerprint density at radius 3 is 2.62 bits per heavy atom. The first-order valence-corrected chi connectivity index (χ1v) is 9.05. The van der Waals surface area contributed by atoms with Crippen molar-refractivity contribution in [2.24, 2.45) is 0 Å². The first kappa shape index (κ1) is 17.8. The van der Waals surface area contributed by atoms with E-state index in [9.17, 15) is 8.42 Å². The van der Waals surface area contributed by atoms with E-state index in [0.717, 1.165) is 23.6 Å². The molecule has 1 aromatic rings. The Kier molecular flexibility index (Phi) is 7.53. The van der Waals surface area contributed by atoms with Crippen LogP contribution in [0.3, 0.4) is 0 Å². The third-order valence-corrected chi connectivity index (χ3v) is 4.93. The van der Waals surface area contributed by atoms with E-state index in [2.05, 4.69) is 5.32 Å². The lowest BCUT2D eigenvalue weighted by molar-refractivity contribution is 0.311. The highest BCUT2D eigenvalue weighted by molar-refractivity contribution is 7.91. The van der Waals surface area contributed by atoms with Crippen molar-refractivity contribution in [3.8, 4) is 11.5 Å². The molecule has 0 saturated carbocycles. The lowest BCUT2D eigenvalue weighted by Crippen LogP contribution is -2.14. The molecule has 21 heavy (non-hydrogen) atoms.